The van der Waals surface area contributed by atoms with Gasteiger partial charge in [0.05, 0.1) is 62.7 Å². The van der Waals surface area contributed by atoms with E-state index in [1.54, 1.807) is 30.4 Å². The largest absolute Gasteiger partial charge is 0.505 e. The molecule has 5 unspecified atom stereocenters. The van der Waals surface area contributed by atoms with Crippen molar-refractivity contribution in [3.8, 4) is 11.1 Å². The zero-order valence-corrected chi connectivity index (χ0v) is 39.1. The van der Waals surface area contributed by atoms with E-state index in [0.29, 0.717) is 35.6 Å². The fraction of sp³-hybridized carbons (Fsp3) is 0.346. The number of rotatable bonds is 16. The van der Waals surface area contributed by atoms with Crippen LogP contribution >= 0.6 is 0 Å². The first-order chi connectivity index (χ1) is 32.3. The summed E-state index contributed by atoms with van der Waals surface area (Å²) in [5, 5.41) is 9.53. The van der Waals surface area contributed by atoms with Crippen molar-refractivity contribution in [1.82, 2.24) is 40.4 Å². The third-order valence-electron chi connectivity index (χ3n) is 13.0. The summed E-state index contributed by atoms with van der Waals surface area (Å²) >= 11 is 0. The van der Waals surface area contributed by atoms with Crippen LogP contribution in [0.15, 0.2) is 103 Å². The number of H-pyrrole nitrogens is 2. The highest BCUT2D eigenvalue weighted by Gasteiger charge is 2.50. The van der Waals surface area contributed by atoms with Gasteiger partial charge < -0.3 is 44.6 Å². The van der Waals surface area contributed by atoms with Gasteiger partial charge in [-0.1, -0.05) is 101 Å². The molecule has 15 heteroatoms. The number of alkyl carbamates (subject to hydrolysis) is 2. The Morgan fingerprint density at radius 2 is 1.25 bits per heavy atom. The molecule has 5 atom stereocenters. The minimum Gasteiger partial charge on any atom is -0.505 e. The van der Waals surface area contributed by atoms with E-state index in [2.05, 4.69) is 83.0 Å². The van der Waals surface area contributed by atoms with Crippen LogP contribution in [0.1, 0.15) is 57.9 Å². The first-order valence-electron chi connectivity index (χ1n) is 22.6. The predicted molar refractivity (Wildman–Crippen MR) is 258 cm³/mol. The van der Waals surface area contributed by atoms with Crippen molar-refractivity contribution < 1.29 is 33.4 Å². The number of fused-ring (bicyclic) bond motifs is 6. The quantitative estimate of drug-likeness (QED) is 0.0688. The second kappa shape index (κ2) is 19.6. The van der Waals surface area contributed by atoms with Gasteiger partial charge in [0, 0.05) is 23.4 Å². The van der Waals surface area contributed by atoms with Crippen LogP contribution in [0.4, 0.5) is 9.59 Å². The number of carbonyl (C=O) groups excluding carboxylic acids is 4. The smallest absolute Gasteiger partial charge is 0.407 e. The summed E-state index contributed by atoms with van der Waals surface area (Å²) in [7, 11) is 4.14. The lowest BCUT2D eigenvalue weighted by atomic mass is 9.98. The van der Waals surface area contributed by atoms with Gasteiger partial charge in [-0.3, -0.25) is 9.59 Å². The number of imidazole rings is 2. The highest BCUT2D eigenvalue weighted by Crippen LogP contribution is 2.43. The minimum atomic E-state index is -0.982. The number of aromatic nitrogens is 4. The maximum absolute atomic E-state index is 14.4. The van der Waals surface area contributed by atoms with Crippen molar-refractivity contribution in [2.24, 2.45) is 23.7 Å². The number of hydrogen-bond donors (Lipinski definition) is 4. The van der Waals surface area contributed by atoms with Gasteiger partial charge in [0.15, 0.2) is 0 Å². The van der Waals surface area contributed by atoms with Gasteiger partial charge >= 0.3 is 12.2 Å². The molecule has 0 radical (unpaired) electrons. The van der Waals surface area contributed by atoms with E-state index in [1.807, 2.05) is 62.1 Å². The van der Waals surface area contributed by atoms with E-state index >= 15 is 0 Å². The third kappa shape index (κ3) is 9.77. The molecule has 0 saturated heterocycles. The van der Waals surface area contributed by atoms with E-state index < -0.39 is 24.3 Å². The van der Waals surface area contributed by atoms with Crippen molar-refractivity contribution in [2.75, 3.05) is 27.9 Å². The number of amides is 4. The number of carbonyl (C=O) groups is 4. The van der Waals surface area contributed by atoms with E-state index in [9.17, 15) is 19.2 Å². The van der Waals surface area contributed by atoms with Crippen molar-refractivity contribution in [2.45, 2.75) is 65.8 Å². The molecule has 67 heavy (non-hydrogen) atoms. The molecule has 5 aromatic carbocycles. The summed E-state index contributed by atoms with van der Waals surface area (Å²) in [6, 6.07) is 28.3. The normalized spacial score (nSPS) is 17.1. The molecule has 1 fully saturated rings. The number of nitrogens with zero attached hydrogens (tertiary/aromatic N) is 4. The van der Waals surface area contributed by atoms with Gasteiger partial charge in [-0.05, 0) is 81.5 Å². The van der Waals surface area contributed by atoms with Crippen LogP contribution in [0.3, 0.4) is 0 Å². The molecular formula is C52H58N8O7. The molecule has 4 amide bonds. The molecule has 348 valence electrons. The van der Waals surface area contributed by atoms with Crippen LogP contribution in [0, 0.1) is 23.7 Å². The Bertz CT molecular complexity index is 2970. The minimum absolute atomic E-state index is 0.0368. The van der Waals surface area contributed by atoms with Gasteiger partial charge in [-0.2, -0.15) is 0 Å². The number of methoxy groups -OCH3 is 3. The number of aromatic amines is 2. The Labute approximate surface area is 389 Å². The summed E-state index contributed by atoms with van der Waals surface area (Å²) < 4.78 is 14.9. The Morgan fingerprint density at radius 3 is 1.78 bits per heavy atom. The summed E-state index contributed by atoms with van der Waals surface area (Å²) in [5.41, 5.74) is 6.03. The molecule has 4 N–H and O–H groups in total. The topological polar surface area (TPSA) is 184 Å². The highest BCUT2D eigenvalue weighted by molar-refractivity contribution is 6.07. The molecule has 0 aliphatic heterocycles. The molecule has 2 aromatic heterocycles. The predicted octanol–water partition coefficient (Wildman–Crippen LogP) is 9.00. The van der Waals surface area contributed by atoms with Gasteiger partial charge in [0.25, 0.3) is 0 Å². The van der Waals surface area contributed by atoms with Crippen molar-refractivity contribution in [3.63, 3.8) is 0 Å². The molecule has 1 aliphatic carbocycles. The maximum Gasteiger partial charge on any atom is 0.407 e. The van der Waals surface area contributed by atoms with Crippen LogP contribution in [0.5, 0.6) is 0 Å². The average Bonchev–Trinajstić information content (AvgIpc) is 3.62. The van der Waals surface area contributed by atoms with Crippen molar-refractivity contribution >= 4 is 67.6 Å². The number of benzene rings is 5. The van der Waals surface area contributed by atoms with Crippen LogP contribution in [-0.4, -0.2) is 93.7 Å². The fourth-order valence-electron chi connectivity index (χ4n) is 9.13. The van der Waals surface area contributed by atoms with Gasteiger partial charge in [-0.25, -0.2) is 19.6 Å². The van der Waals surface area contributed by atoms with E-state index in [0.717, 1.165) is 54.7 Å². The Hall–Kier alpha value is -7.42. The molecule has 1 saturated carbocycles. The lowest BCUT2D eigenvalue weighted by Gasteiger charge is -2.29. The molecule has 8 rings (SSSR count). The van der Waals surface area contributed by atoms with Gasteiger partial charge in [0.2, 0.25) is 11.8 Å². The standard InChI is InChI=1S/C52H58N8O7/c1-29(2)44(57-51(63)66-7)50(62)60(48-31(4)32(48)5)28-43-54-41-21-17-37-25-35(15-19-39(37)47(41)56-43)34-14-18-38-36(24-34)16-20-40-46(38)55-42(53-40)27-59(26-30(3)22-23-65-6)49(61)45(58-52(64)67-8)33-12-10-9-11-13-33/h9-25,29-32,44-45,48H,26-28H2,1-8H3,(H,53,55)(H,54,56)(H,57,63)(H,58,64)/b23-22+. The second-order valence-corrected chi connectivity index (χ2v) is 17.9. The number of nitrogens with one attached hydrogen (secondary N) is 4. The van der Waals surface area contributed by atoms with Crippen LogP contribution in [0.2, 0.25) is 0 Å². The lowest BCUT2D eigenvalue weighted by molar-refractivity contribution is -0.136. The van der Waals surface area contributed by atoms with Crippen molar-refractivity contribution in [3.05, 3.63) is 121 Å². The second-order valence-electron chi connectivity index (χ2n) is 17.9. The number of ether oxygens (including phenoxy) is 3. The Kier molecular flexibility index (Phi) is 13.5. The van der Waals surface area contributed by atoms with Gasteiger partial charge in [-0.15, -0.1) is 0 Å². The number of hydrogen-bond acceptors (Lipinski definition) is 9. The lowest BCUT2D eigenvalue weighted by Crippen LogP contribution is -2.52. The summed E-state index contributed by atoms with van der Waals surface area (Å²) in [5.74, 6) is 1.25. The maximum atomic E-state index is 14.4. The van der Waals surface area contributed by atoms with Crippen LogP contribution in [0.25, 0.3) is 54.7 Å². The Morgan fingerprint density at radius 1 is 0.701 bits per heavy atom. The monoisotopic (exact) mass is 906 g/mol. The SMILES string of the molecule is CO/C=C/C(C)CN(Cc1nc2ccc3cc(-c4ccc5c(ccc6nc(CN(C(=O)C(NC(=O)OC)C(C)C)C7C(C)C7C)[nH]c65)c4)ccc3c2[nH]1)C(=O)C(NC(=O)OC)c1ccccc1. The van der Waals surface area contributed by atoms with Crippen LogP contribution in [-0.2, 0) is 36.9 Å². The third-order valence-corrected chi connectivity index (χ3v) is 13.0. The first kappa shape index (κ1) is 46.1. The molecule has 1 aliphatic rings. The molecule has 0 spiro atoms. The molecule has 0 bridgehead atoms. The van der Waals surface area contributed by atoms with Crippen molar-refractivity contribution in [1.29, 1.82) is 0 Å². The summed E-state index contributed by atoms with van der Waals surface area (Å²) in [6.45, 7) is 10.9. The van der Waals surface area contributed by atoms with E-state index in [4.69, 9.17) is 24.2 Å². The zero-order valence-electron chi connectivity index (χ0n) is 39.1. The summed E-state index contributed by atoms with van der Waals surface area (Å²) in [6.07, 6.45) is 2.13. The van der Waals surface area contributed by atoms with Crippen LogP contribution < -0.4 is 10.6 Å². The molecule has 15 nitrogen and oxygen atoms in total. The zero-order chi connectivity index (χ0) is 47.5. The van der Waals surface area contributed by atoms with E-state index in [1.165, 1.54) is 14.2 Å². The Balaban J connectivity index is 1.05. The molecular weight excluding hydrogens is 849 g/mol. The molecule has 2 heterocycles. The van der Waals surface area contributed by atoms with Gasteiger partial charge in [0.1, 0.15) is 23.7 Å². The fourth-order valence-corrected chi connectivity index (χ4v) is 9.13. The van der Waals surface area contributed by atoms with E-state index in [-0.39, 0.29) is 42.8 Å². The summed E-state index contributed by atoms with van der Waals surface area (Å²) in [4.78, 5) is 73.6. The average molecular weight is 907 g/mol. The highest BCUT2D eigenvalue weighted by atomic mass is 16.5. The molecule has 7 aromatic rings. The first-order valence-corrected chi connectivity index (χ1v) is 22.6.